The number of carboxylic acids is 1. The van der Waals surface area contributed by atoms with Crippen molar-refractivity contribution in [3.05, 3.63) is 10.6 Å². The molecule has 4 rings (SSSR count). The number of nitrogens with one attached hydrogen (secondary N) is 1. The molecular weight excluding hydrogens is 364 g/mol. The predicted octanol–water partition coefficient (Wildman–Crippen LogP) is 2.33. The Bertz CT molecular complexity index is 652. The number of fused-ring (bicyclic) bond motifs is 1. The molecule has 0 aromatic heterocycles. The van der Waals surface area contributed by atoms with Gasteiger partial charge in [-0.05, 0) is 32.6 Å². The molecule has 6 nitrogen and oxygen atoms in total. The maximum Gasteiger partial charge on any atom is 0.353 e. The van der Waals surface area contributed by atoms with Gasteiger partial charge in [0.05, 0.1) is 18.1 Å². The third kappa shape index (κ3) is 3.32. The summed E-state index contributed by atoms with van der Waals surface area (Å²) in [6, 6.07) is 0.989. The maximum absolute atomic E-state index is 12.4. The summed E-state index contributed by atoms with van der Waals surface area (Å²) in [4.78, 5) is 26.5. The SMILES string of the molecule is C[C@@H](O)[C@H]1C(=O)N2C(C(=O)O)=C(SC3CC(NC4CCCCC4)C3)[C@H](C)[C@H]12. The van der Waals surface area contributed by atoms with Crippen molar-refractivity contribution in [2.45, 2.75) is 88.3 Å². The van der Waals surface area contributed by atoms with Crippen LogP contribution in [0.1, 0.15) is 58.8 Å². The van der Waals surface area contributed by atoms with Gasteiger partial charge in [-0.15, -0.1) is 11.8 Å². The fraction of sp³-hybridized carbons (Fsp3) is 0.800. The zero-order chi connectivity index (χ0) is 19.3. The van der Waals surface area contributed by atoms with Gasteiger partial charge in [-0.2, -0.15) is 0 Å². The highest BCUT2D eigenvalue weighted by atomic mass is 32.2. The number of carboxylic acid groups (broad SMARTS) is 1. The van der Waals surface area contributed by atoms with Crippen LogP contribution in [0.2, 0.25) is 0 Å². The number of aliphatic hydroxyl groups is 1. The number of hydrogen-bond acceptors (Lipinski definition) is 5. The molecule has 3 N–H and O–H groups in total. The van der Waals surface area contributed by atoms with E-state index in [4.69, 9.17) is 0 Å². The van der Waals surface area contributed by atoms with E-state index in [2.05, 4.69) is 5.32 Å². The summed E-state index contributed by atoms with van der Waals surface area (Å²) in [5.74, 6) is -1.78. The van der Waals surface area contributed by atoms with E-state index in [0.29, 0.717) is 17.3 Å². The molecule has 1 saturated heterocycles. The molecule has 0 bridgehead atoms. The lowest BCUT2D eigenvalue weighted by molar-refractivity contribution is -0.163. The van der Waals surface area contributed by atoms with Crippen LogP contribution in [-0.4, -0.2) is 56.5 Å². The monoisotopic (exact) mass is 394 g/mol. The van der Waals surface area contributed by atoms with Gasteiger partial charge in [0.15, 0.2) is 0 Å². The van der Waals surface area contributed by atoms with Crippen LogP contribution in [0.5, 0.6) is 0 Å². The summed E-state index contributed by atoms with van der Waals surface area (Å²) >= 11 is 1.65. The minimum Gasteiger partial charge on any atom is -0.477 e. The smallest absolute Gasteiger partial charge is 0.353 e. The number of carbonyl (C=O) groups is 2. The normalized spacial score (nSPS) is 37.7. The van der Waals surface area contributed by atoms with Gasteiger partial charge < -0.3 is 20.4 Å². The number of thioether (sulfide) groups is 1. The first-order valence-electron chi connectivity index (χ1n) is 10.3. The summed E-state index contributed by atoms with van der Waals surface area (Å²) < 4.78 is 0. The lowest BCUT2D eigenvalue weighted by Crippen LogP contribution is -2.63. The van der Waals surface area contributed by atoms with E-state index in [-0.39, 0.29) is 23.6 Å². The van der Waals surface area contributed by atoms with Crippen LogP contribution < -0.4 is 5.32 Å². The Morgan fingerprint density at radius 2 is 1.89 bits per heavy atom. The molecule has 4 atom stereocenters. The Morgan fingerprint density at radius 3 is 2.48 bits per heavy atom. The lowest BCUT2D eigenvalue weighted by Gasteiger charge is -2.46. The first kappa shape index (κ1) is 19.3. The Kier molecular flexibility index (Phi) is 5.29. The Labute approximate surface area is 164 Å². The number of hydrogen-bond donors (Lipinski definition) is 3. The summed E-state index contributed by atoms with van der Waals surface area (Å²) in [6.45, 7) is 3.61. The largest absolute Gasteiger partial charge is 0.477 e. The van der Waals surface area contributed by atoms with Crippen molar-refractivity contribution in [2.24, 2.45) is 11.8 Å². The second-order valence-corrected chi connectivity index (χ2v) is 10.0. The topological polar surface area (TPSA) is 89.9 Å². The van der Waals surface area contributed by atoms with E-state index in [0.717, 1.165) is 17.7 Å². The molecule has 2 aliphatic carbocycles. The van der Waals surface area contributed by atoms with Gasteiger partial charge >= 0.3 is 5.97 Å². The molecule has 0 unspecified atom stereocenters. The van der Waals surface area contributed by atoms with Crippen molar-refractivity contribution in [1.82, 2.24) is 10.2 Å². The molecule has 3 fully saturated rings. The van der Waals surface area contributed by atoms with Gasteiger partial charge in [-0.1, -0.05) is 26.2 Å². The molecule has 0 spiro atoms. The zero-order valence-corrected chi connectivity index (χ0v) is 16.9. The molecular formula is C20H30N2O4S. The van der Waals surface area contributed by atoms with Crippen molar-refractivity contribution in [1.29, 1.82) is 0 Å². The van der Waals surface area contributed by atoms with Crippen LogP contribution >= 0.6 is 11.8 Å². The number of nitrogens with zero attached hydrogens (tertiary/aromatic N) is 1. The summed E-state index contributed by atoms with van der Waals surface area (Å²) in [5.41, 5.74) is 0.156. The first-order valence-corrected chi connectivity index (χ1v) is 11.2. The number of amides is 1. The molecule has 0 radical (unpaired) electrons. The quantitative estimate of drug-likeness (QED) is 0.599. The summed E-state index contributed by atoms with van der Waals surface area (Å²) in [5, 5.41) is 23.8. The third-order valence-electron chi connectivity index (χ3n) is 6.78. The Morgan fingerprint density at radius 1 is 1.22 bits per heavy atom. The van der Waals surface area contributed by atoms with E-state index in [1.54, 1.807) is 18.7 Å². The minimum absolute atomic E-state index is 0.0243. The molecule has 7 heteroatoms. The third-order valence-corrected chi connectivity index (χ3v) is 8.31. The van der Waals surface area contributed by atoms with Gasteiger partial charge in [0.25, 0.3) is 0 Å². The van der Waals surface area contributed by atoms with Crippen LogP contribution in [0.25, 0.3) is 0 Å². The van der Waals surface area contributed by atoms with E-state index in [1.807, 2.05) is 6.92 Å². The maximum atomic E-state index is 12.4. The molecule has 0 aromatic carbocycles. The van der Waals surface area contributed by atoms with Crippen molar-refractivity contribution < 1.29 is 19.8 Å². The molecule has 0 aromatic rings. The lowest BCUT2D eigenvalue weighted by atomic mass is 9.79. The van der Waals surface area contributed by atoms with Crippen LogP contribution in [-0.2, 0) is 9.59 Å². The Balaban J connectivity index is 1.38. The average Bonchev–Trinajstić information content (AvgIpc) is 2.83. The summed E-state index contributed by atoms with van der Waals surface area (Å²) in [7, 11) is 0. The summed E-state index contributed by atoms with van der Waals surface area (Å²) in [6.07, 6.45) is 7.93. The highest BCUT2D eigenvalue weighted by Crippen LogP contribution is 2.53. The fourth-order valence-corrected chi connectivity index (χ4v) is 6.93. The molecule has 2 heterocycles. The van der Waals surface area contributed by atoms with E-state index >= 15 is 0 Å². The number of rotatable bonds is 6. The Hall–Kier alpha value is -1.05. The molecule has 2 aliphatic heterocycles. The average molecular weight is 395 g/mol. The molecule has 4 aliphatic rings. The number of aliphatic carboxylic acids is 1. The van der Waals surface area contributed by atoms with Crippen molar-refractivity contribution in [2.75, 3.05) is 0 Å². The van der Waals surface area contributed by atoms with Crippen LogP contribution in [0, 0.1) is 11.8 Å². The highest BCUT2D eigenvalue weighted by molar-refractivity contribution is 8.03. The van der Waals surface area contributed by atoms with E-state index in [9.17, 15) is 19.8 Å². The molecule has 27 heavy (non-hydrogen) atoms. The fourth-order valence-electron chi connectivity index (χ4n) is 5.26. The van der Waals surface area contributed by atoms with Gasteiger partial charge in [0.1, 0.15) is 5.70 Å². The van der Waals surface area contributed by atoms with Crippen molar-refractivity contribution >= 4 is 23.6 Å². The van der Waals surface area contributed by atoms with Crippen LogP contribution in [0.15, 0.2) is 10.6 Å². The highest BCUT2D eigenvalue weighted by Gasteiger charge is 2.60. The van der Waals surface area contributed by atoms with Crippen molar-refractivity contribution in [3.63, 3.8) is 0 Å². The van der Waals surface area contributed by atoms with Gasteiger partial charge in [0, 0.05) is 28.2 Å². The first-order chi connectivity index (χ1) is 12.9. The minimum atomic E-state index is -1.03. The molecule has 2 saturated carbocycles. The van der Waals surface area contributed by atoms with Gasteiger partial charge in [-0.3, -0.25) is 4.79 Å². The van der Waals surface area contributed by atoms with Crippen LogP contribution in [0.4, 0.5) is 0 Å². The van der Waals surface area contributed by atoms with Crippen molar-refractivity contribution in [3.8, 4) is 0 Å². The van der Waals surface area contributed by atoms with E-state index < -0.39 is 18.0 Å². The number of aliphatic hydroxyl groups excluding tert-OH is 1. The predicted molar refractivity (Wildman–Crippen MR) is 104 cm³/mol. The van der Waals surface area contributed by atoms with Gasteiger partial charge in [-0.25, -0.2) is 4.79 Å². The van der Waals surface area contributed by atoms with Gasteiger partial charge in [0.2, 0.25) is 5.91 Å². The van der Waals surface area contributed by atoms with E-state index in [1.165, 1.54) is 37.0 Å². The number of β-lactam (4-membered cyclic amide) rings is 1. The standard InChI is InChI=1S/C20H30N2O4S/c1-10-16-15(11(2)23)19(24)22(16)17(20(25)26)18(10)27-14-8-13(9-14)21-12-6-4-3-5-7-12/h10-16,21,23H,3-9H2,1-2H3,(H,25,26)/t10-,11-,13?,14?,15-,16-/m1/s1. The second kappa shape index (κ2) is 7.41. The molecule has 150 valence electrons. The second-order valence-electron chi connectivity index (χ2n) is 8.68. The van der Waals surface area contributed by atoms with Crippen LogP contribution in [0.3, 0.4) is 0 Å². The zero-order valence-electron chi connectivity index (χ0n) is 16.1. The molecule has 1 amide bonds. The number of carbonyl (C=O) groups excluding carboxylic acids is 1.